The largest absolute Gasteiger partial charge is 0.426 e. The zero-order chi connectivity index (χ0) is 21.1. The number of nitrogens with one attached hydrogen (secondary N) is 1. The Morgan fingerprint density at radius 3 is 2.67 bits per heavy atom. The minimum absolute atomic E-state index is 0.137. The number of nitro benzene ring substituents is 1. The maximum Gasteiger partial charge on any atom is 0.271 e. The van der Waals surface area contributed by atoms with Gasteiger partial charge >= 0.3 is 0 Å². The number of hydrogen-bond donors (Lipinski definition) is 2. The molecule has 0 spiro atoms. The standard InChI is InChI=1S/C21H15N5O4/c27-20(10-3-14-2-1-11-22-13-14)23-16-6-4-15(5-7-16)21-24-18-9-8-17(26(29)30)12-19(18)25(21)28/h1-13,28H,(H,23,27). The van der Waals surface area contributed by atoms with Gasteiger partial charge in [0.15, 0.2) is 5.82 Å². The van der Waals surface area contributed by atoms with Gasteiger partial charge in [-0.1, -0.05) is 6.07 Å². The first-order chi connectivity index (χ1) is 14.5. The SMILES string of the molecule is O=C(C=Cc1cccnc1)Nc1ccc(-c2nc3ccc([N+](=O)[O-])cc3n2O)cc1. The maximum atomic E-state index is 12.1. The van der Waals surface area contributed by atoms with E-state index in [0.29, 0.717) is 16.8 Å². The lowest BCUT2D eigenvalue weighted by atomic mass is 10.2. The molecule has 0 unspecified atom stereocenters. The number of non-ortho nitro benzene ring substituents is 1. The van der Waals surface area contributed by atoms with E-state index in [-0.39, 0.29) is 22.9 Å². The molecule has 0 saturated carbocycles. The van der Waals surface area contributed by atoms with Crippen molar-refractivity contribution in [1.29, 1.82) is 0 Å². The lowest BCUT2D eigenvalue weighted by molar-refractivity contribution is -0.384. The number of fused-ring (bicyclic) bond motifs is 1. The number of benzene rings is 2. The van der Waals surface area contributed by atoms with E-state index in [1.165, 1.54) is 24.3 Å². The van der Waals surface area contributed by atoms with Crippen LogP contribution in [-0.2, 0) is 4.79 Å². The molecule has 148 valence electrons. The highest BCUT2D eigenvalue weighted by Gasteiger charge is 2.15. The summed E-state index contributed by atoms with van der Waals surface area (Å²) in [5, 5.41) is 24.1. The molecule has 9 nitrogen and oxygen atoms in total. The third kappa shape index (κ3) is 3.85. The second-order valence-electron chi connectivity index (χ2n) is 6.36. The molecular weight excluding hydrogens is 386 g/mol. The number of pyridine rings is 1. The van der Waals surface area contributed by atoms with E-state index in [0.717, 1.165) is 10.3 Å². The molecule has 0 aliphatic rings. The molecule has 9 heteroatoms. The summed E-state index contributed by atoms with van der Waals surface area (Å²) in [6.45, 7) is 0. The highest BCUT2D eigenvalue weighted by molar-refractivity contribution is 6.02. The zero-order valence-electron chi connectivity index (χ0n) is 15.5. The van der Waals surface area contributed by atoms with E-state index >= 15 is 0 Å². The molecule has 0 saturated heterocycles. The zero-order valence-corrected chi connectivity index (χ0v) is 15.5. The second-order valence-corrected chi connectivity index (χ2v) is 6.36. The smallest absolute Gasteiger partial charge is 0.271 e. The van der Waals surface area contributed by atoms with E-state index in [1.54, 1.807) is 48.8 Å². The summed E-state index contributed by atoms with van der Waals surface area (Å²) >= 11 is 0. The molecule has 0 aliphatic heterocycles. The topological polar surface area (TPSA) is 123 Å². The van der Waals surface area contributed by atoms with Crippen LogP contribution in [0.15, 0.2) is 73.1 Å². The van der Waals surface area contributed by atoms with Gasteiger partial charge in [0.25, 0.3) is 5.69 Å². The molecule has 2 aromatic heterocycles. The van der Waals surface area contributed by atoms with Crippen LogP contribution in [0.3, 0.4) is 0 Å². The average Bonchev–Trinajstić information content (AvgIpc) is 3.09. The van der Waals surface area contributed by atoms with Gasteiger partial charge in [-0.05, 0) is 48.0 Å². The van der Waals surface area contributed by atoms with Crippen LogP contribution in [0.5, 0.6) is 0 Å². The van der Waals surface area contributed by atoms with Gasteiger partial charge in [-0.15, -0.1) is 0 Å². The Morgan fingerprint density at radius 2 is 1.97 bits per heavy atom. The molecule has 0 aliphatic carbocycles. The van der Waals surface area contributed by atoms with Crippen molar-refractivity contribution in [3.8, 4) is 11.4 Å². The summed E-state index contributed by atoms with van der Waals surface area (Å²) < 4.78 is 0.812. The first-order valence-electron chi connectivity index (χ1n) is 8.87. The first-order valence-corrected chi connectivity index (χ1v) is 8.87. The van der Waals surface area contributed by atoms with Crippen LogP contribution in [0.1, 0.15) is 5.56 Å². The number of nitro groups is 1. The van der Waals surface area contributed by atoms with Crippen molar-refractivity contribution < 1.29 is 14.9 Å². The van der Waals surface area contributed by atoms with Crippen LogP contribution in [0.4, 0.5) is 11.4 Å². The van der Waals surface area contributed by atoms with E-state index < -0.39 is 4.92 Å². The van der Waals surface area contributed by atoms with Gasteiger partial charge in [-0.3, -0.25) is 19.9 Å². The summed E-state index contributed by atoms with van der Waals surface area (Å²) in [7, 11) is 0. The molecule has 4 rings (SSSR count). The van der Waals surface area contributed by atoms with Crippen molar-refractivity contribution in [2.75, 3.05) is 5.32 Å². The maximum absolute atomic E-state index is 12.1. The van der Waals surface area contributed by atoms with Gasteiger partial charge in [-0.25, -0.2) is 4.98 Å². The summed E-state index contributed by atoms with van der Waals surface area (Å²) in [6, 6.07) is 14.4. The Bertz CT molecular complexity index is 1260. The molecule has 1 amide bonds. The molecule has 2 aromatic carbocycles. The normalized spacial score (nSPS) is 11.1. The lowest BCUT2D eigenvalue weighted by Gasteiger charge is -2.05. The van der Waals surface area contributed by atoms with Gasteiger partial charge in [0.1, 0.15) is 5.52 Å². The Hall–Kier alpha value is -4.53. The predicted octanol–water partition coefficient (Wildman–Crippen LogP) is 3.90. The van der Waals surface area contributed by atoms with E-state index in [1.807, 2.05) is 6.07 Å². The Balaban J connectivity index is 1.52. The number of anilines is 1. The minimum atomic E-state index is -0.535. The van der Waals surface area contributed by atoms with Crippen molar-refractivity contribution >= 4 is 34.4 Å². The number of hydrogen-bond acceptors (Lipinski definition) is 6. The van der Waals surface area contributed by atoms with Crippen LogP contribution in [0.2, 0.25) is 0 Å². The van der Waals surface area contributed by atoms with Crippen molar-refractivity contribution in [2.45, 2.75) is 0 Å². The highest BCUT2D eigenvalue weighted by atomic mass is 16.6. The lowest BCUT2D eigenvalue weighted by Crippen LogP contribution is -2.07. The number of carbonyl (C=O) groups excluding carboxylic acids is 1. The third-order valence-corrected chi connectivity index (χ3v) is 4.35. The van der Waals surface area contributed by atoms with Crippen molar-refractivity contribution in [2.24, 2.45) is 0 Å². The van der Waals surface area contributed by atoms with Gasteiger partial charge in [0, 0.05) is 41.9 Å². The molecule has 2 N–H and O–H groups in total. The molecule has 2 heterocycles. The van der Waals surface area contributed by atoms with E-state index in [4.69, 9.17) is 0 Å². The van der Waals surface area contributed by atoms with Crippen LogP contribution in [0, 0.1) is 10.1 Å². The van der Waals surface area contributed by atoms with Crippen molar-refractivity contribution in [3.05, 3.63) is 88.7 Å². The molecule has 0 fully saturated rings. The van der Waals surface area contributed by atoms with E-state index in [9.17, 15) is 20.1 Å². The molecule has 0 bridgehead atoms. The molecular formula is C21H15N5O4. The molecule has 0 radical (unpaired) electrons. The summed E-state index contributed by atoms with van der Waals surface area (Å²) in [4.78, 5) is 30.8. The Labute approximate surface area is 170 Å². The Kier molecular flexibility index (Phi) is 4.92. The molecule has 4 aromatic rings. The van der Waals surface area contributed by atoms with Crippen molar-refractivity contribution in [3.63, 3.8) is 0 Å². The molecule has 0 atom stereocenters. The summed E-state index contributed by atoms with van der Waals surface area (Å²) in [5.74, 6) is -0.0619. The fraction of sp³-hybridized carbons (Fsp3) is 0. The summed E-state index contributed by atoms with van der Waals surface area (Å²) in [6.07, 6.45) is 6.37. The number of aromatic nitrogens is 3. The third-order valence-electron chi connectivity index (χ3n) is 4.35. The monoisotopic (exact) mass is 401 g/mol. The van der Waals surface area contributed by atoms with Gasteiger partial charge in [0.05, 0.1) is 10.4 Å². The van der Waals surface area contributed by atoms with Crippen molar-refractivity contribution in [1.82, 2.24) is 14.7 Å². The van der Waals surface area contributed by atoms with Gasteiger partial charge in [-0.2, -0.15) is 4.73 Å². The Morgan fingerprint density at radius 1 is 1.17 bits per heavy atom. The van der Waals surface area contributed by atoms with Gasteiger partial charge < -0.3 is 10.5 Å². The fourth-order valence-electron chi connectivity index (χ4n) is 2.88. The number of amides is 1. The minimum Gasteiger partial charge on any atom is -0.426 e. The number of nitrogens with zero attached hydrogens (tertiary/aromatic N) is 4. The highest BCUT2D eigenvalue weighted by Crippen LogP contribution is 2.27. The number of carbonyl (C=O) groups is 1. The molecule has 30 heavy (non-hydrogen) atoms. The van der Waals surface area contributed by atoms with Gasteiger partial charge in [0.2, 0.25) is 5.91 Å². The average molecular weight is 401 g/mol. The van der Waals surface area contributed by atoms with Crippen LogP contribution in [0.25, 0.3) is 28.5 Å². The first kappa shape index (κ1) is 18.8. The quantitative estimate of drug-likeness (QED) is 0.226. The second kappa shape index (κ2) is 7.84. The van der Waals surface area contributed by atoms with Crippen LogP contribution >= 0.6 is 0 Å². The summed E-state index contributed by atoms with van der Waals surface area (Å²) in [5.41, 5.74) is 2.48. The van der Waals surface area contributed by atoms with Crippen LogP contribution < -0.4 is 5.32 Å². The number of rotatable bonds is 5. The van der Waals surface area contributed by atoms with Crippen LogP contribution in [-0.4, -0.2) is 30.7 Å². The number of imidazole rings is 1. The predicted molar refractivity (Wildman–Crippen MR) is 111 cm³/mol. The fourth-order valence-corrected chi connectivity index (χ4v) is 2.88. The van der Waals surface area contributed by atoms with E-state index in [2.05, 4.69) is 15.3 Å².